The summed E-state index contributed by atoms with van der Waals surface area (Å²) in [7, 11) is 10.6. The first-order valence-corrected chi connectivity index (χ1v) is 26.6. The summed E-state index contributed by atoms with van der Waals surface area (Å²) in [5.41, 5.74) is 8.12. The quantitative estimate of drug-likeness (QED) is 0.223. The van der Waals surface area contributed by atoms with Crippen molar-refractivity contribution in [2.24, 2.45) is 0 Å². The normalized spacial score (nSPS) is 9.54. The number of aryl methyl sites for hydroxylation is 4. The van der Waals surface area contributed by atoms with Gasteiger partial charge in [-0.3, -0.25) is 0 Å². The third-order valence-corrected chi connectivity index (χ3v) is 38.4. The van der Waals surface area contributed by atoms with E-state index in [2.05, 4.69) is 93.8 Å². The van der Waals surface area contributed by atoms with Crippen LogP contribution in [-0.4, -0.2) is 9.98 Å². The van der Waals surface area contributed by atoms with Gasteiger partial charge in [0, 0.05) is 0 Å². The minimum atomic E-state index is -1.59. The molecule has 0 nitrogen and oxygen atoms in total. The molecular weight excluding hydrogens is 499 g/mol. The van der Waals surface area contributed by atoms with Crippen molar-refractivity contribution in [1.29, 1.82) is 0 Å². The van der Waals surface area contributed by atoms with Gasteiger partial charge in [0.05, 0.1) is 0 Å². The van der Waals surface area contributed by atoms with Crippen LogP contribution in [0.5, 0.6) is 0 Å². The second kappa shape index (κ2) is 12.4. The summed E-state index contributed by atoms with van der Waals surface area (Å²) in [5.74, 6) is 4.46. The van der Waals surface area contributed by atoms with Crippen molar-refractivity contribution >= 4 is 27.0 Å². The van der Waals surface area contributed by atoms with Crippen LogP contribution in [0.2, 0.25) is 11.5 Å². The first-order valence-electron chi connectivity index (χ1n) is 8.68. The van der Waals surface area contributed by atoms with Crippen LogP contribution >= 0.6 is 17.0 Å². The van der Waals surface area contributed by atoms with Gasteiger partial charge in [0.1, 0.15) is 0 Å². The molecule has 3 aromatic carbocycles. The SMILES string of the molecule is Cc1cc(-c2ccccc2)c[cH-]1.Cc1cc(C)c(C)[cH-]1.[CH3][Ge]([CH3])=[Zr]([Cl])[Cl]. The molecule has 0 N–H and O–H groups in total. The van der Waals surface area contributed by atoms with E-state index >= 15 is 0 Å². The summed E-state index contributed by atoms with van der Waals surface area (Å²) >= 11 is -1.59. The molecule has 0 amide bonds. The van der Waals surface area contributed by atoms with Crippen molar-refractivity contribution in [3.05, 3.63) is 82.9 Å². The second-order valence-electron chi connectivity index (χ2n) is 6.70. The Morgan fingerprint density at radius 2 is 1.42 bits per heavy atom. The van der Waals surface area contributed by atoms with Crippen LogP contribution in [0, 0.1) is 27.7 Å². The second-order valence-corrected chi connectivity index (χ2v) is 44.6. The Morgan fingerprint density at radius 3 is 1.73 bits per heavy atom. The summed E-state index contributed by atoms with van der Waals surface area (Å²) in [5, 5.41) is 0. The van der Waals surface area contributed by atoms with Crippen molar-refractivity contribution in [3.8, 4) is 11.1 Å². The molecule has 4 heteroatoms. The van der Waals surface area contributed by atoms with Crippen molar-refractivity contribution in [3.63, 3.8) is 0 Å². The molecular formula is C22H28Cl2GeZr-2. The zero-order valence-electron chi connectivity index (χ0n) is 16.5. The number of rotatable bonds is 1. The van der Waals surface area contributed by atoms with Gasteiger partial charge in [-0.15, -0.1) is 0 Å². The van der Waals surface area contributed by atoms with Gasteiger partial charge in [-0.1, -0.05) is 63.6 Å². The first kappa shape index (κ1) is 24.0. The fourth-order valence-corrected chi connectivity index (χ4v) is 2.33. The molecule has 0 spiro atoms. The van der Waals surface area contributed by atoms with Gasteiger partial charge in [0.2, 0.25) is 0 Å². The molecule has 3 rings (SSSR count). The predicted octanol–water partition coefficient (Wildman–Crippen LogP) is 7.87. The standard InChI is InChI=1S/C12H11.C8H11.C2H6Ge.2ClH.Zr/c1-10-7-8-12(9-10)11-5-3-2-4-6-11;1-6-4-7(2)8(3)5-6;1-3-2;;;/h2-9H,1H3;4-5H,1-3H3;1-2H3;2*1H;/q2*-1;;;;+2/p-2. The average molecular weight is 527 g/mol. The topological polar surface area (TPSA) is 0 Å². The van der Waals surface area contributed by atoms with Crippen LogP contribution in [0.4, 0.5) is 0 Å². The van der Waals surface area contributed by atoms with Gasteiger partial charge in [-0.2, -0.15) is 46.0 Å². The van der Waals surface area contributed by atoms with Crippen molar-refractivity contribution in [2.75, 3.05) is 0 Å². The monoisotopic (exact) mass is 526 g/mol. The molecule has 140 valence electrons. The molecule has 0 heterocycles. The average Bonchev–Trinajstić information content (AvgIpc) is 3.14. The van der Waals surface area contributed by atoms with Gasteiger partial charge < -0.3 is 0 Å². The molecule has 26 heavy (non-hydrogen) atoms. The molecule has 0 fully saturated rings. The first-order chi connectivity index (χ1) is 12.2. The molecule has 3 aromatic rings. The number of halogens is 2. The fourth-order valence-electron chi connectivity index (χ4n) is 2.33. The van der Waals surface area contributed by atoms with E-state index in [1.807, 2.05) is 6.07 Å². The van der Waals surface area contributed by atoms with Crippen LogP contribution in [0.25, 0.3) is 11.1 Å². The molecule has 0 unspecified atom stereocenters. The Hall–Kier alpha value is -0.0740. The van der Waals surface area contributed by atoms with E-state index in [0.717, 1.165) is 0 Å². The van der Waals surface area contributed by atoms with Gasteiger partial charge in [-0.05, 0) is 0 Å². The van der Waals surface area contributed by atoms with E-state index in [1.165, 1.54) is 33.4 Å². The zero-order chi connectivity index (χ0) is 19.7. The van der Waals surface area contributed by atoms with E-state index < -0.39 is 26.2 Å². The molecule has 0 saturated carbocycles. The Morgan fingerprint density at radius 1 is 0.846 bits per heavy atom. The third kappa shape index (κ3) is 9.22. The van der Waals surface area contributed by atoms with Crippen molar-refractivity contribution in [1.82, 2.24) is 0 Å². The van der Waals surface area contributed by atoms with Gasteiger partial charge >= 0.3 is 54.8 Å². The van der Waals surface area contributed by atoms with Gasteiger partial charge in [0.15, 0.2) is 0 Å². The number of hydrogen-bond donors (Lipinski definition) is 0. The maximum atomic E-state index is 5.65. The Balaban J connectivity index is 0.000000211. The molecule has 0 aromatic heterocycles. The summed E-state index contributed by atoms with van der Waals surface area (Å²) in [6.45, 7) is 8.52. The van der Waals surface area contributed by atoms with Gasteiger partial charge in [0.25, 0.3) is 0 Å². The molecule has 0 aliphatic heterocycles. The summed E-state index contributed by atoms with van der Waals surface area (Å²) in [6.07, 6.45) is 0. The van der Waals surface area contributed by atoms with E-state index in [-0.39, 0.29) is 0 Å². The molecule has 0 bridgehead atoms. The van der Waals surface area contributed by atoms with E-state index in [0.29, 0.717) is 0 Å². The third-order valence-electron chi connectivity index (χ3n) is 3.90. The van der Waals surface area contributed by atoms with Gasteiger partial charge in [-0.25, -0.2) is 12.1 Å². The van der Waals surface area contributed by atoms with Crippen LogP contribution < -0.4 is 0 Å². The van der Waals surface area contributed by atoms with Crippen LogP contribution in [-0.2, 0) is 16.2 Å². The van der Waals surface area contributed by atoms with Crippen molar-refractivity contribution < 1.29 is 16.2 Å². The van der Waals surface area contributed by atoms with E-state index in [9.17, 15) is 0 Å². The van der Waals surface area contributed by atoms with Crippen LogP contribution in [0.1, 0.15) is 22.3 Å². The summed E-state index contributed by atoms with van der Waals surface area (Å²) < 4.78 is 0. The zero-order valence-corrected chi connectivity index (χ0v) is 22.6. The minimum absolute atomic E-state index is 0.735. The van der Waals surface area contributed by atoms with E-state index in [1.54, 1.807) is 0 Å². The molecule has 0 aliphatic rings. The predicted molar refractivity (Wildman–Crippen MR) is 118 cm³/mol. The molecule has 0 radical (unpaired) electrons. The number of hydrogen-bond acceptors (Lipinski definition) is 0. The Bertz CT molecular complexity index is 791. The maximum absolute atomic E-state index is 5.65. The van der Waals surface area contributed by atoms with Crippen LogP contribution in [0.3, 0.4) is 0 Å². The summed E-state index contributed by atoms with van der Waals surface area (Å²) in [6, 6.07) is 21.4. The van der Waals surface area contributed by atoms with E-state index in [4.69, 9.17) is 17.0 Å². The fraction of sp³-hybridized carbons (Fsp3) is 0.273. The Labute approximate surface area is 175 Å². The Kier molecular flexibility index (Phi) is 11.4. The van der Waals surface area contributed by atoms with Crippen molar-refractivity contribution in [2.45, 2.75) is 39.2 Å². The molecule has 0 aliphatic carbocycles. The molecule has 0 saturated heterocycles. The number of benzene rings is 1. The molecule has 0 atom stereocenters. The van der Waals surface area contributed by atoms with Crippen LogP contribution in [0.15, 0.2) is 60.7 Å². The summed E-state index contributed by atoms with van der Waals surface area (Å²) in [4.78, 5) is 0.